The zero-order valence-corrected chi connectivity index (χ0v) is 18.1. The highest BCUT2D eigenvalue weighted by Gasteiger charge is 2.38. The van der Waals surface area contributed by atoms with Crippen LogP contribution in [-0.4, -0.2) is 68.1 Å². The molecule has 2 heterocycles. The maximum Gasteiger partial charge on any atom is 0.228 e. The molecule has 1 aromatic carbocycles. The maximum atomic E-state index is 13.0. The number of piperidine rings is 1. The number of carbonyl (C=O) groups is 2. The average molecular weight is 426 g/mol. The van der Waals surface area contributed by atoms with Crippen molar-refractivity contribution in [2.24, 2.45) is 11.7 Å². The molecule has 2 saturated heterocycles. The van der Waals surface area contributed by atoms with Crippen molar-refractivity contribution in [3.63, 3.8) is 0 Å². The van der Waals surface area contributed by atoms with Gasteiger partial charge in [-0.2, -0.15) is 0 Å². The first-order valence-electron chi connectivity index (χ1n) is 10.1. The molecule has 1 aromatic rings. The molecule has 2 unspecified atom stereocenters. The fraction of sp³-hybridized carbons (Fsp3) is 0.619. The first-order chi connectivity index (χ1) is 13.6. The number of benzene rings is 1. The minimum Gasteiger partial charge on any atom is -0.493 e. The number of amides is 2. The number of ether oxygens (including phenoxy) is 2. The van der Waals surface area contributed by atoms with Gasteiger partial charge in [0.25, 0.3) is 0 Å². The second kappa shape index (κ2) is 10.7. The Morgan fingerprint density at radius 1 is 1.21 bits per heavy atom. The van der Waals surface area contributed by atoms with Crippen LogP contribution >= 0.6 is 12.4 Å². The Hall–Kier alpha value is -1.99. The monoisotopic (exact) mass is 425 g/mol. The van der Waals surface area contributed by atoms with Crippen LogP contribution in [0.3, 0.4) is 0 Å². The SMILES string of the molecule is COc1ccc(CCN2CC(C(=O)N3CCCCC3CN)CC2=O)cc1OC.Cl. The van der Waals surface area contributed by atoms with Gasteiger partial charge in [-0.15, -0.1) is 12.4 Å². The molecule has 7 nitrogen and oxygen atoms in total. The minimum absolute atomic E-state index is 0. The van der Waals surface area contributed by atoms with Gasteiger partial charge in [0.1, 0.15) is 0 Å². The van der Waals surface area contributed by atoms with E-state index in [-0.39, 0.29) is 36.2 Å². The number of hydrogen-bond donors (Lipinski definition) is 1. The molecule has 0 radical (unpaired) electrons. The molecule has 0 saturated carbocycles. The van der Waals surface area contributed by atoms with E-state index in [4.69, 9.17) is 15.2 Å². The molecule has 2 amide bonds. The number of likely N-dealkylation sites (tertiary alicyclic amines) is 2. The Balaban J connectivity index is 0.00000300. The Kier molecular flexibility index (Phi) is 8.59. The third kappa shape index (κ3) is 5.34. The second-order valence-corrected chi connectivity index (χ2v) is 7.60. The number of hydrogen-bond acceptors (Lipinski definition) is 5. The van der Waals surface area contributed by atoms with Crippen LogP contribution in [0.15, 0.2) is 18.2 Å². The summed E-state index contributed by atoms with van der Waals surface area (Å²) in [4.78, 5) is 29.1. The van der Waals surface area contributed by atoms with Gasteiger partial charge in [0, 0.05) is 38.6 Å². The van der Waals surface area contributed by atoms with E-state index in [1.165, 1.54) is 0 Å². The molecule has 162 valence electrons. The van der Waals surface area contributed by atoms with Crippen molar-refractivity contribution in [1.29, 1.82) is 0 Å². The van der Waals surface area contributed by atoms with Crippen molar-refractivity contribution < 1.29 is 19.1 Å². The smallest absolute Gasteiger partial charge is 0.228 e. The highest BCUT2D eigenvalue weighted by Crippen LogP contribution is 2.29. The molecule has 0 spiro atoms. The molecule has 0 bridgehead atoms. The van der Waals surface area contributed by atoms with E-state index in [1.807, 2.05) is 23.1 Å². The molecule has 29 heavy (non-hydrogen) atoms. The standard InChI is InChI=1S/C21H31N3O4.ClH/c1-27-18-7-6-15(11-19(18)28-2)8-10-23-14-16(12-20(23)25)21(26)24-9-4-3-5-17(24)13-22;/h6-7,11,16-17H,3-5,8-10,12-14,22H2,1-2H3;1H. The van der Waals surface area contributed by atoms with Crippen LogP contribution in [0.5, 0.6) is 11.5 Å². The van der Waals surface area contributed by atoms with Gasteiger partial charge in [-0.1, -0.05) is 6.07 Å². The van der Waals surface area contributed by atoms with Gasteiger partial charge in [0.15, 0.2) is 11.5 Å². The first-order valence-corrected chi connectivity index (χ1v) is 10.1. The third-order valence-corrected chi connectivity index (χ3v) is 5.86. The molecule has 2 fully saturated rings. The van der Waals surface area contributed by atoms with Crippen LogP contribution in [-0.2, 0) is 16.0 Å². The number of methoxy groups -OCH3 is 2. The number of carbonyl (C=O) groups excluding carboxylic acids is 2. The molecule has 2 aliphatic rings. The Morgan fingerprint density at radius 2 is 1.97 bits per heavy atom. The molecule has 2 N–H and O–H groups in total. The molecule has 8 heteroatoms. The highest BCUT2D eigenvalue weighted by atomic mass is 35.5. The summed E-state index contributed by atoms with van der Waals surface area (Å²) in [6.07, 6.45) is 4.12. The van der Waals surface area contributed by atoms with Gasteiger partial charge in [0.05, 0.1) is 20.1 Å². The molecule has 2 atom stereocenters. The average Bonchev–Trinajstić information content (AvgIpc) is 3.11. The third-order valence-electron chi connectivity index (χ3n) is 5.86. The summed E-state index contributed by atoms with van der Waals surface area (Å²) in [5.74, 6) is 1.27. The first kappa shape index (κ1) is 23.3. The van der Waals surface area contributed by atoms with E-state index in [2.05, 4.69) is 0 Å². The minimum atomic E-state index is -0.245. The van der Waals surface area contributed by atoms with E-state index in [0.717, 1.165) is 31.4 Å². The van der Waals surface area contributed by atoms with Crippen LogP contribution in [0.1, 0.15) is 31.2 Å². The lowest BCUT2D eigenvalue weighted by Gasteiger charge is -2.36. The van der Waals surface area contributed by atoms with Crippen molar-refractivity contribution in [3.05, 3.63) is 23.8 Å². The molecule has 3 rings (SSSR count). The van der Waals surface area contributed by atoms with Gasteiger partial charge in [-0.3, -0.25) is 9.59 Å². The molecular weight excluding hydrogens is 394 g/mol. The summed E-state index contributed by atoms with van der Waals surface area (Å²) >= 11 is 0. The lowest BCUT2D eigenvalue weighted by molar-refractivity contribution is -0.139. The Bertz CT molecular complexity index is 715. The number of halogens is 1. The Morgan fingerprint density at radius 3 is 2.66 bits per heavy atom. The molecule has 0 aromatic heterocycles. The van der Waals surface area contributed by atoms with Gasteiger partial charge in [0.2, 0.25) is 11.8 Å². The lowest BCUT2D eigenvalue weighted by atomic mass is 9.98. The van der Waals surface area contributed by atoms with Crippen molar-refractivity contribution in [3.8, 4) is 11.5 Å². The van der Waals surface area contributed by atoms with Crippen molar-refractivity contribution in [2.45, 2.75) is 38.1 Å². The summed E-state index contributed by atoms with van der Waals surface area (Å²) in [6.45, 7) is 2.35. The van der Waals surface area contributed by atoms with Crippen LogP contribution in [0.4, 0.5) is 0 Å². The largest absolute Gasteiger partial charge is 0.493 e. The Labute approximate surface area is 178 Å². The molecular formula is C21H32ClN3O4. The number of nitrogens with zero attached hydrogens (tertiary/aromatic N) is 2. The van der Waals surface area contributed by atoms with Crippen molar-refractivity contribution >= 4 is 24.2 Å². The zero-order chi connectivity index (χ0) is 20.1. The van der Waals surface area contributed by atoms with Crippen LogP contribution in [0.25, 0.3) is 0 Å². The molecule has 2 aliphatic heterocycles. The molecule has 0 aliphatic carbocycles. The predicted molar refractivity (Wildman–Crippen MR) is 114 cm³/mol. The fourth-order valence-corrected chi connectivity index (χ4v) is 4.22. The second-order valence-electron chi connectivity index (χ2n) is 7.60. The summed E-state index contributed by atoms with van der Waals surface area (Å²) in [7, 11) is 3.21. The zero-order valence-electron chi connectivity index (χ0n) is 17.3. The van der Waals surface area contributed by atoms with Gasteiger partial charge >= 0.3 is 0 Å². The lowest BCUT2D eigenvalue weighted by Crippen LogP contribution is -2.50. The predicted octanol–water partition coefficient (Wildman–Crippen LogP) is 1.86. The summed E-state index contributed by atoms with van der Waals surface area (Å²) in [5, 5.41) is 0. The van der Waals surface area contributed by atoms with E-state index in [9.17, 15) is 9.59 Å². The van der Waals surface area contributed by atoms with E-state index >= 15 is 0 Å². The van der Waals surface area contributed by atoms with Gasteiger partial charge in [-0.05, 0) is 43.4 Å². The number of rotatable bonds is 7. The van der Waals surface area contributed by atoms with E-state index in [1.54, 1.807) is 19.1 Å². The topological polar surface area (TPSA) is 85.1 Å². The normalized spacial score (nSPS) is 21.7. The van der Waals surface area contributed by atoms with Crippen LogP contribution < -0.4 is 15.2 Å². The van der Waals surface area contributed by atoms with E-state index in [0.29, 0.717) is 44.0 Å². The summed E-state index contributed by atoms with van der Waals surface area (Å²) < 4.78 is 10.6. The van der Waals surface area contributed by atoms with E-state index < -0.39 is 0 Å². The summed E-state index contributed by atoms with van der Waals surface area (Å²) in [5.41, 5.74) is 6.92. The summed E-state index contributed by atoms with van der Waals surface area (Å²) in [6, 6.07) is 5.90. The fourth-order valence-electron chi connectivity index (χ4n) is 4.22. The highest BCUT2D eigenvalue weighted by molar-refractivity contribution is 5.89. The van der Waals surface area contributed by atoms with Crippen LogP contribution in [0, 0.1) is 5.92 Å². The quantitative estimate of drug-likeness (QED) is 0.720. The van der Waals surface area contributed by atoms with Crippen molar-refractivity contribution in [1.82, 2.24) is 9.80 Å². The van der Waals surface area contributed by atoms with Crippen LogP contribution in [0.2, 0.25) is 0 Å². The van der Waals surface area contributed by atoms with Crippen molar-refractivity contribution in [2.75, 3.05) is 40.4 Å². The van der Waals surface area contributed by atoms with Gasteiger partial charge in [-0.25, -0.2) is 0 Å². The maximum absolute atomic E-state index is 13.0. The number of nitrogens with two attached hydrogens (primary N) is 1. The van der Waals surface area contributed by atoms with Gasteiger partial charge < -0.3 is 25.0 Å².